The van der Waals surface area contributed by atoms with Crippen LogP contribution in [-0.4, -0.2) is 39.6 Å². The van der Waals surface area contributed by atoms with Gasteiger partial charge in [0.1, 0.15) is 5.75 Å². The lowest BCUT2D eigenvalue weighted by Gasteiger charge is -2.44. The van der Waals surface area contributed by atoms with Gasteiger partial charge in [-0.3, -0.25) is 4.90 Å². The topological polar surface area (TPSA) is 67.1 Å². The minimum Gasteiger partial charge on any atom is -0.508 e. The van der Waals surface area contributed by atoms with Crippen LogP contribution in [0.5, 0.6) is 5.75 Å². The van der Waals surface area contributed by atoms with Crippen molar-refractivity contribution in [1.82, 2.24) is 20.2 Å². The van der Waals surface area contributed by atoms with Crippen molar-refractivity contribution in [2.75, 3.05) is 19.6 Å². The first-order valence-corrected chi connectivity index (χ1v) is 12.7. The summed E-state index contributed by atoms with van der Waals surface area (Å²) in [6.45, 7) is 5.41. The number of hydrogen-bond donors (Lipinski definition) is 4. The number of piperidine rings is 1. The standard InChI is InChI=1S/C29H32N4O/c1-2-17-16-33-12-10-22-20-5-3-4-6-24(20)32-29(22)27(33)14-18(17)13-26-28-21(9-11-30-26)23-15-19(34)7-8-25(23)31-28/h2-8,15,18,26-27,30-32,34H,9-14,16H2,1H3/b17-2-/t18-,26-,27-/m0/s1. The molecule has 7 rings (SSSR count). The van der Waals surface area contributed by atoms with Gasteiger partial charge in [0.25, 0.3) is 0 Å². The normalized spacial score (nSPS) is 26.0. The lowest BCUT2D eigenvalue weighted by atomic mass is 9.78. The second kappa shape index (κ2) is 7.76. The van der Waals surface area contributed by atoms with Crippen molar-refractivity contribution < 1.29 is 5.11 Å². The molecule has 3 aliphatic heterocycles. The number of para-hydroxylation sites is 1. The highest BCUT2D eigenvalue weighted by Crippen LogP contribution is 2.45. The molecule has 1 fully saturated rings. The summed E-state index contributed by atoms with van der Waals surface area (Å²) in [4.78, 5) is 10.2. The molecule has 2 aromatic heterocycles. The Morgan fingerprint density at radius 1 is 1.00 bits per heavy atom. The average molecular weight is 453 g/mol. The van der Waals surface area contributed by atoms with Crippen LogP contribution in [0, 0.1) is 5.92 Å². The van der Waals surface area contributed by atoms with Crippen LogP contribution in [0.1, 0.15) is 54.4 Å². The van der Waals surface area contributed by atoms with Crippen LogP contribution in [0.2, 0.25) is 0 Å². The largest absolute Gasteiger partial charge is 0.508 e. The van der Waals surface area contributed by atoms with Crippen molar-refractivity contribution >= 4 is 21.8 Å². The molecule has 5 heterocycles. The fraction of sp³-hybridized carbons (Fsp3) is 0.379. The highest BCUT2D eigenvalue weighted by molar-refractivity contribution is 5.86. The Balaban J connectivity index is 1.22. The van der Waals surface area contributed by atoms with Crippen LogP contribution >= 0.6 is 0 Å². The van der Waals surface area contributed by atoms with Crippen molar-refractivity contribution in [2.45, 2.75) is 44.7 Å². The monoisotopic (exact) mass is 452 g/mol. The second-order valence-corrected chi connectivity index (χ2v) is 10.3. The molecule has 34 heavy (non-hydrogen) atoms. The first kappa shape index (κ1) is 20.4. The molecule has 4 aromatic rings. The van der Waals surface area contributed by atoms with Gasteiger partial charge >= 0.3 is 0 Å². The maximum absolute atomic E-state index is 10.0. The van der Waals surface area contributed by atoms with Gasteiger partial charge in [-0.15, -0.1) is 0 Å². The third kappa shape index (κ3) is 3.07. The number of aromatic nitrogens is 2. The number of hydrogen-bond acceptors (Lipinski definition) is 3. The molecule has 0 spiro atoms. The van der Waals surface area contributed by atoms with Crippen molar-refractivity contribution in [3.63, 3.8) is 0 Å². The zero-order valence-corrected chi connectivity index (χ0v) is 19.7. The predicted molar refractivity (Wildman–Crippen MR) is 137 cm³/mol. The Bertz CT molecular complexity index is 1430. The van der Waals surface area contributed by atoms with Crippen molar-refractivity contribution in [3.05, 3.63) is 76.6 Å². The summed E-state index contributed by atoms with van der Waals surface area (Å²) in [5, 5.41) is 16.4. The van der Waals surface area contributed by atoms with Crippen LogP contribution in [0.15, 0.2) is 54.1 Å². The van der Waals surface area contributed by atoms with E-state index in [1.165, 1.54) is 38.8 Å². The molecule has 0 unspecified atom stereocenters. The summed E-state index contributed by atoms with van der Waals surface area (Å²) in [6.07, 6.45) is 6.77. The van der Waals surface area contributed by atoms with Gasteiger partial charge in [-0.2, -0.15) is 0 Å². The smallest absolute Gasteiger partial charge is 0.116 e. The molecule has 0 saturated carbocycles. The molecule has 0 bridgehead atoms. The fourth-order valence-corrected chi connectivity index (χ4v) is 6.97. The van der Waals surface area contributed by atoms with Gasteiger partial charge in [0.2, 0.25) is 0 Å². The molecule has 4 N–H and O–H groups in total. The zero-order valence-electron chi connectivity index (χ0n) is 19.7. The van der Waals surface area contributed by atoms with Crippen LogP contribution in [0.4, 0.5) is 0 Å². The Kier molecular flexibility index (Phi) is 4.64. The van der Waals surface area contributed by atoms with E-state index >= 15 is 0 Å². The molecule has 0 aliphatic carbocycles. The molecular weight excluding hydrogens is 420 g/mol. The van der Waals surface area contributed by atoms with Crippen LogP contribution in [-0.2, 0) is 12.8 Å². The molecular formula is C29H32N4O. The van der Waals surface area contributed by atoms with Gasteiger partial charge in [0.05, 0.1) is 6.04 Å². The van der Waals surface area contributed by atoms with E-state index < -0.39 is 0 Å². The van der Waals surface area contributed by atoms with Gasteiger partial charge in [-0.1, -0.05) is 29.8 Å². The Morgan fingerprint density at radius 2 is 1.82 bits per heavy atom. The van der Waals surface area contributed by atoms with Gasteiger partial charge in [0.15, 0.2) is 0 Å². The van der Waals surface area contributed by atoms with Gasteiger partial charge in [-0.05, 0) is 80.5 Å². The molecule has 5 nitrogen and oxygen atoms in total. The SMILES string of the molecule is C/C=C1/CN2CCc3c([nH]c4ccccc34)[C@@H]2C[C@@H]1C[C@@H]1NCCc2c1[nH]c1ccc(O)cc21. The Labute approximate surface area is 199 Å². The quantitative estimate of drug-likeness (QED) is 0.304. The maximum atomic E-state index is 10.0. The molecule has 0 radical (unpaired) electrons. The summed E-state index contributed by atoms with van der Waals surface area (Å²) in [7, 11) is 0. The molecule has 1 saturated heterocycles. The average Bonchev–Trinajstić information content (AvgIpc) is 3.43. The molecule has 5 heteroatoms. The number of aromatic amines is 2. The summed E-state index contributed by atoms with van der Waals surface area (Å²) in [5.41, 5.74) is 9.68. The van der Waals surface area contributed by atoms with Crippen molar-refractivity contribution in [2.24, 2.45) is 5.92 Å². The Hall–Kier alpha value is -3.02. The van der Waals surface area contributed by atoms with E-state index in [1.807, 2.05) is 12.1 Å². The number of phenols is 1. The number of nitrogens with zero attached hydrogens (tertiary/aromatic N) is 1. The molecule has 174 valence electrons. The maximum Gasteiger partial charge on any atom is 0.116 e. The van der Waals surface area contributed by atoms with Crippen molar-refractivity contribution in [1.29, 1.82) is 0 Å². The van der Waals surface area contributed by atoms with Crippen molar-refractivity contribution in [3.8, 4) is 5.75 Å². The summed E-state index contributed by atoms with van der Waals surface area (Å²) < 4.78 is 0. The van der Waals surface area contributed by atoms with Crippen LogP contribution < -0.4 is 5.32 Å². The lowest BCUT2D eigenvalue weighted by Crippen LogP contribution is -2.43. The first-order valence-electron chi connectivity index (χ1n) is 12.7. The summed E-state index contributed by atoms with van der Waals surface area (Å²) >= 11 is 0. The number of benzene rings is 2. The van der Waals surface area contributed by atoms with E-state index in [4.69, 9.17) is 0 Å². The number of nitrogens with one attached hydrogen (secondary N) is 3. The van der Waals surface area contributed by atoms with E-state index in [-0.39, 0.29) is 0 Å². The summed E-state index contributed by atoms with van der Waals surface area (Å²) in [5.74, 6) is 0.895. The number of H-pyrrole nitrogens is 2. The van der Waals surface area contributed by atoms with Crippen LogP contribution in [0.25, 0.3) is 21.8 Å². The van der Waals surface area contributed by atoms with E-state index in [1.54, 1.807) is 11.6 Å². The predicted octanol–water partition coefficient (Wildman–Crippen LogP) is 5.50. The van der Waals surface area contributed by atoms with E-state index in [9.17, 15) is 5.11 Å². The first-order chi connectivity index (χ1) is 16.7. The minimum atomic E-state index is 0.315. The lowest BCUT2D eigenvalue weighted by molar-refractivity contribution is 0.131. The highest BCUT2D eigenvalue weighted by Gasteiger charge is 2.39. The van der Waals surface area contributed by atoms with Gasteiger partial charge < -0.3 is 20.4 Å². The number of rotatable bonds is 2. The second-order valence-electron chi connectivity index (χ2n) is 10.3. The number of aromatic hydroxyl groups is 1. The number of fused-ring (bicyclic) bond motifs is 8. The molecule has 3 aliphatic rings. The highest BCUT2D eigenvalue weighted by atomic mass is 16.3. The minimum absolute atomic E-state index is 0.315. The number of allylic oxidation sites excluding steroid dienone is 1. The van der Waals surface area contributed by atoms with E-state index in [0.717, 1.165) is 50.8 Å². The molecule has 2 aromatic carbocycles. The van der Waals surface area contributed by atoms with Gasteiger partial charge in [0, 0.05) is 52.3 Å². The third-order valence-electron chi connectivity index (χ3n) is 8.62. The molecule has 0 amide bonds. The third-order valence-corrected chi connectivity index (χ3v) is 8.62. The van der Waals surface area contributed by atoms with Crippen LogP contribution in [0.3, 0.4) is 0 Å². The number of phenolic OH excluding ortho intramolecular Hbond substituents is 1. The zero-order chi connectivity index (χ0) is 22.8. The van der Waals surface area contributed by atoms with E-state index in [0.29, 0.717) is 23.8 Å². The Morgan fingerprint density at radius 3 is 2.74 bits per heavy atom. The summed E-state index contributed by atoms with van der Waals surface area (Å²) in [6, 6.07) is 15.3. The fourth-order valence-electron chi connectivity index (χ4n) is 6.97. The molecule has 3 atom stereocenters. The van der Waals surface area contributed by atoms with E-state index in [2.05, 4.69) is 57.4 Å². The van der Waals surface area contributed by atoms with Gasteiger partial charge in [-0.25, -0.2) is 0 Å².